The molecule has 0 radical (unpaired) electrons. The molecule has 2 nitrogen and oxygen atoms in total. The highest BCUT2D eigenvalue weighted by Gasteiger charge is 2.17. The lowest BCUT2D eigenvalue weighted by atomic mass is 10.1. The molecule has 1 aromatic heterocycles. The first-order valence-corrected chi connectivity index (χ1v) is 8.23. The van der Waals surface area contributed by atoms with Gasteiger partial charge in [-0.3, -0.25) is 0 Å². The molecular formula is C14H13BrClF2NOS. The van der Waals surface area contributed by atoms with Crippen LogP contribution in [0.5, 0.6) is 5.75 Å². The second kappa shape index (κ2) is 7.54. The van der Waals surface area contributed by atoms with E-state index in [4.69, 9.17) is 11.6 Å². The van der Waals surface area contributed by atoms with Crippen molar-refractivity contribution in [2.75, 3.05) is 6.54 Å². The summed E-state index contributed by atoms with van der Waals surface area (Å²) < 4.78 is 29.6. The number of alkyl halides is 2. The monoisotopic (exact) mass is 395 g/mol. The van der Waals surface area contributed by atoms with Crippen LogP contribution in [0.25, 0.3) is 0 Å². The van der Waals surface area contributed by atoms with E-state index < -0.39 is 6.61 Å². The minimum absolute atomic E-state index is 0.0376. The summed E-state index contributed by atoms with van der Waals surface area (Å²) >= 11 is 11.0. The van der Waals surface area contributed by atoms with E-state index in [9.17, 15) is 8.78 Å². The quantitative estimate of drug-likeness (QED) is 0.699. The van der Waals surface area contributed by atoms with Crippen LogP contribution >= 0.6 is 38.9 Å². The maximum absolute atomic E-state index is 12.2. The van der Waals surface area contributed by atoms with Crippen molar-refractivity contribution >= 4 is 38.9 Å². The number of hydrogen-bond acceptors (Lipinski definition) is 3. The zero-order valence-corrected chi connectivity index (χ0v) is 14.2. The Morgan fingerprint density at radius 2 is 2.00 bits per heavy atom. The van der Waals surface area contributed by atoms with Gasteiger partial charge in [-0.05, 0) is 46.2 Å². The Bertz CT molecular complexity index is 572. The van der Waals surface area contributed by atoms with Crippen molar-refractivity contribution in [1.29, 1.82) is 0 Å². The summed E-state index contributed by atoms with van der Waals surface area (Å²) in [4.78, 5) is 1.05. The molecule has 2 rings (SSSR count). The summed E-state index contributed by atoms with van der Waals surface area (Å²) in [5.74, 6) is 0.148. The molecule has 0 fully saturated rings. The van der Waals surface area contributed by atoms with Crippen molar-refractivity contribution in [3.63, 3.8) is 0 Å². The van der Waals surface area contributed by atoms with Crippen molar-refractivity contribution in [2.24, 2.45) is 0 Å². The zero-order chi connectivity index (χ0) is 15.4. The van der Waals surface area contributed by atoms with Gasteiger partial charge in [-0.25, -0.2) is 0 Å². The van der Waals surface area contributed by atoms with Crippen LogP contribution in [0, 0.1) is 0 Å². The van der Waals surface area contributed by atoms with Crippen LogP contribution in [-0.4, -0.2) is 13.2 Å². The number of thiophene rings is 1. The molecule has 0 saturated carbocycles. The first-order valence-electron chi connectivity index (χ1n) is 6.24. The van der Waals surface area contributed by atoms with Gasteiger partial charge in [0.15, 0.2) is 0 Å². The Labute approximate surface area is 139 Å². The molecule has 1 aromatic carbocycles. The van der Waals surface area contributed by atoms with Crippen molar-refractivity contribution in [3.05, 3.63) is 49.6 Å². The molecule has 2 aromatic rings. The number of benzene rings is 1. The Morgan fingerprint density at radius 3 is 2.48 bits per heavy atom. The van der Waals surface area contributed by atoms with E-state index in [1.165, 1.54) is 12.1 Å². The third-order valence-electron chi connectivity index (χ3n) is 2.80. The normalized spacial score (nSPS) is 12.7. The van der Waals surface area contributed by atoms with Crippen LogP contribution in [0.4, 0.5) is 8.78 Å². The molecule has 21 heavy (non-hydrogen) atoms. The highest BCUT2D eigenvalue weighted by molar-refractivity contribution is 9.11. The minimum atomic E-state index is -2.81. The Morgan fingerprint density at radius 1 is 1.33 bits per heavy atom. The van der Waals surface area contributed by atoms with Crippen LogP contribution in [0.2, 0.25) is 5.02 Å². The topological polar surface area (TPSA) is 21.3 Å². The van der Waals surface area contributed by atoms with Gasteiger partial charge in [0, 0.05) is 4.88 Å². The van der Waals surface area contributed by atoms with Crippen molar-refractivity contribution in [3.8, 4) is 5.75 Å². The Hall–Kier alpha value is -0.690. The molecule has 0 aliphatic rings. The predicted octanol–water partition coefficient (Wildman–Crippen LogP) is 5.46. The fourth-order valence-electron chi connectivity index (χ4n) is 1.93. The molecule has 0 saturated heterocycles. The smallest absolute Gasteiger partial charge is 0.387 e. The number of ether oxygens (including phenoxy) is 1. The van der Waals surface area contributed by atoms with Gasteiger partial charge in [-0.1, -0.05) is 30.7 Å². The maximum Gasteiger partial charge on any atom is 0.387 e. The molecule has 1 unspecified atom stereocenters. The highest BCUT2D eigenvalue weighted by atomic mass is 79.9. The fourth-order valence-corrected chi connectivity index (χ4v) is 3.78. The first kappa shape index (κ1) is 16.7. The van der Waals surface area contributed by atoms with Gasteiger partial charge in [0.1, 0.15) is 5.75 Å². The number of halogens is 4. The predicted molar refractivity (Wildman–Crippen MR) is 85.6 cm³/mol. The van der Waals surface area contributed by atoms with Crippen LogP contribution in [0.1, 0.15) is 23.4 Å². The summed E-state index contributed by atoms with van der Waals surface area (Å²) in [6.45, 7) is -0.0361. The lowest BCUT2D eigenvalue weighted by molar-refractivity contribution is -0.0498. The van der Waals surface area contributed by atoms with E-state index in [1.807, 2.05) is 13.0 Å². The van der Waals surface area contributed by atoms with Gasteiger partial charge >= 0.3 is 6.61 Å². The molecule has 7 heteroatoms. The summed E-state index contributed by atoms with van der Waals surface area (Å²) in [5, 5.41) is 4.02. The second-order valence-electron chi connectivity index (χ2n) is 4.21. The molecule has 1 N–H and O–H groups in total. The number of nitrogens with one attached hydrogen (secondary N) is 1. The summed E-state index contributed by atoms with van der Waals surface area (Å²) in [7, 11) is 0. The summed E-state index contributed by atoms with van der Waals surface area (Å²) in [5.41, 5.74) is 0.962. The van der Waals surface area contributed by atoms with Gasteiger partial charge < -0.3 is 10.1 Å². The van der Waals surface area contributed by atoms with Crippen LogP contribution in [0.15, 0.2) is 34.1 Å². The average Bonchev–Trinajstić information content (AvgIpc) is 2.76. The van der Waals surface area contributed by atoms with Gasteiger partial charge in [0.05, 0.1) is 14.9 Å². The van der Waals surface area contributed by atoms with Crippen LogP contribution in [0.3, 0.4) is 0 Å². The summed E-state index contributed by atoms with van der Waals surface area (Å²) in [6, 6.07) is 8.47. The molecule has 1 atom stereocenters. The lowest BCUT2D eigenvalue weighted by Crippen LogP contribution is -2.21. The standard InChI is InChI=1S/C14H13BrClF2NOS/c1-2-19-12(11-7-10(16)13(15)21-11)8-3-5-9(6-4-8)20-14(17)18/h3-7,12,14,19H,2H2,1H3. The molecule has 0 bridgehead atoms. The van der Waals surface area contributed by atoms with Gasteiger partial charge in [-0.2, -0.15) is 8.78 Å². The minimum Gasteiger partial charge on any atom is -0.435 e. The third kappa shape index (κ3) is 4.39. The van der Waals surface area contributed by atoms with E-state index in [2.05, 4.69) is 26.0 Å². The third-order valence-corrected chi connectivity index (χ3v) is 5.34. The van der Waals surface area contributed by atoms with Crippen molar-refractivity contribution in [2.45, 2.75) is 19.6 Å². The lowest BCUT2D eigenvalue weighted by Gasteiger charge is -2.17. The zero-order valence-electron chi connectivity index (χ0n) is 11.1. The van der Waals surface area contributed by atoms with E-state index in [1.54, 1.807) is 23.5 Å². The van der Waals surface area contributed by atoms with E-state index in [-0.39, 0.29) is 11.8 Å². The highest BCUT2D eigenvalue weighted by Crippen LogP contribution is 2.37. The number of hydrogen-bond donors (Lipinski definition) is 1. The Balaban J connectivity index is 2.25. The number of rotatable bonds is 6. The molecule has 1 heterocycles. The SMILES string of the molecule is CCNC(c1ccc(OC(F)F)cc1)c1cc(Cl)c(Br)s1. The fraction of sp³-hybridized carbons (Fsp3) is 0.286. The van der Waals surface area contributed by atoms with Crippen molar-refractivity contribution in [1.82, 2.24) is 5.32 Å². The van der Waals surface area contributed by atoms with Crippen molar-refractivity contribution < 1.29 is 13.5 Å². The van der Waals surface area contributed by atoms with Crippen LogP contribution in [-0.2, 0) is 0 Å². The van der Waals surface area contributed by atoms with Crippen LogP contribution < -0.4 is 10.1 Å². The van der Waals surface area contributed by atoms with Gasteiger partial charge in [-0.15, -0.1) is 11.3 Å². The van der Waals surface area contributed by atoms with E-state index in [0.29, 0.717) is 5.02 Å². The molecule has 114 valence electrons. The van der Waals surface area contributed by atoms with E-state index >= 15 is 0 Å². The molecule has 0 aliphatic heterocycles. The second-order valence-corrected chi connectivity index (χ2v) is 7.02. The molecular weight excluding hydrogens is 384 g/mol. The Kier molecular flexibility index (Phi) is 5.98. The molecule has 0 aliphatic carbocycles. The summed E-state index contributed by atoms with van der Waals surface area (Å²) in [6.07, 6.45) is 0. The average molecular weight is 397 g/mol. The largest absolute Gasteiger partial charge is 0.435 e. The van der Waals surface area contributed by atoms with Gasteiger partial charge in [0.2, 0.25) is 0 Å². The van der Waals surface area contributed by atoms with E-state index in [0.717, 1.165) is 20.8 Å². The molecule has 0 amide bonds. The first-order chi connectivity index (χ1) is 10.0. The van der Waals surface area contributed by atoms with Gasteiger partial charge in [0.25, 0.3) is 0 Å². The molecule has 0 spiro atoms. The maximum atomic E-state index is 12.2.